The molecule has 1 N–H and O–H groups in total. The van der Waals surface area contributed by atoms with E-state index in [0.717, 1.165) is 5.69 Å². The second kappa shape index (κ2) is 6.87. The van der Waals surface area contributed by atoms with Gasteiger partial charge in [-0.2, -0.15) is 4.98 Å². The highest BCUT2D eigenvalue weighted by molar-refractivity contribution is 5.67. The molecule has 0 spiro atoms. The number of aromatic nitrogens is 4. The summed E-state index contributed by atoms with van der Waals surface area (Å²) in [5.74, 6) is 0.391. The molecule has 6 nitrogen and oxygen atoms in total. The third-order valence-electron chi connectivity index (χ3n) is 4.03. The van der Waals surface area contributed by atoms with E-state index in [1.807, 2.05) is 31.2 Å². The van der Waals surface area contributed by atoms with Crippen LogP contribution < -0.4 is 5.69 Å². The number of H-pyrrole nitrogens is 1. The van der Waals surface area contributed by atoms with Crippen molar-refractivity contribution in [1.29, 1.82) is 0 Å². The highest BCUT2D eigenvalue weighted by atomic mass is 19.1. The van der Waals surface area contributed by atoms with Gasteiger partial charge in [-0.05, 0) is 42.8 Å². The summed E-state index contributed by atoms with van der Waals surface area (Å²) in [5, 5.41) is 3.98. The fourth-order valence-corrected chi connectivity index (χ4v) is 2.76. The van der Waals surface area contributed by atoms with Gasteiger partial charge >= 0.3 is 5.69 Å². The summed E-state index contributed by atoms with van der Waals surface area (Å²) in [6, 6.07) is 13.5. The van der Waals surface area contributed by atoms with E-state index in [0.29, 0.717) is 28.5 Å². The Morgan fingerprint density at radius 2 is 2.00 bits per heavy atom. The highest BCUT2D eigenvalue weighted by Gasteiger charge is 2.10. The van der Waals surface area contributed by atoms with Crippen molar-refractivity contribution in [2.45, 2.75) is 6.92 Å². The van der Waals surface area contributed by atoms with Gasteiger partial charge in [0.25, 0.3) is 5.89 Å². The molecular formula is C20H15FN4O2. The lowest BCUT2D eigenvalue weighted by Crippen LogP contribution is -2.15. The van der Waals surface area contributed by atoms with Gasteiger partial charge in [0, 0.05) is 23.5 Å². The summed E-state index contributed by atoms with van der Waals surface area (Å²) >= 11 is 0. The molecule has 0 unspecified atom stereocenters. The molecule has 0 fully saturated rings. The van der Waals surface area contributed by atoms with E-state index in [1.165, 1.54) is 12.1 Å². The van der Waals surface area contributed by atoms with Crippen molar-refractivity contribution in [3.63, 3.8) is 0 Å². The largest absolute Gasteiger partial charge is 0.334 e. The molecule has 7 heteroatoms. The normalized spacial score (nSPS) is 11.3. The van der Waals surface area contributed by atoms with Crippen molar-refractivity contribution in [2.24, 2.45) is 0 Å². The summed E-state index contributed by atoms with van der Waals surface area (Å²) in [7, 11) is 0. The van der Waals surface area contributed by atoms with Gasteiger partial charge < -0.3 is 9.51 Å². The van der Waals surface area contributed by atoms with E-state index in [4.69, 9.17) is 4.52 Å². The summed E-state index contributed by atoms with van der Waals surface area (Å²) < 4.78 is 20.0. The number of nitrogens with zero attached hydrogens (tertiary/aromatic N) is 3. The van der Waals surface area contributed by atoms with Crippen molar-refractivity contribution >= 4 is 12.2 Å². The second-order valence-electron chi connectivity index (χ2n) is 5.97. The second-order valence-corrected chi connectivity index (χ2v) is 5.97. The van der Waals surface area contributed by atoms with Crippen LogP contribution in [-0.4, -0.2) is 19.7 Å². The van der Waals surface area contributed by atoms with Crippen LogP contribution in [0.3, 0.4) is 0 Å². The van der Waals surface area contributed by atoms with Crippen LogP contribution in [0.15, 0.2) is 64.0 Å². The van der Waals surface area contributed by atoms with Crippen LogP contribution in [0.25, 0.3) is 29.2 Å². The highest BCUT2D eigenvalue weighted by Crippen LogP contribution is 2.20. The Balaban J connectivity index is 1.62. The maximum absolute atomic E-state index is 13.2. The van der Waals surface area contributed by atoms with E-state index in [2.05, 4.69) is 15.1 Å². The van der Waals surface area contributed by atoms with Crippen molar-refractivity contribution in [2.75, 3.05) is 0 Å². The lowest BCUT2D eigenvalue weighted by atomic mass is 10.2. The Bertz CT molecular complexity index is 1190. The Morgan fingerprint density at radius 3 is 2.78 bits per heavy atom. The quantitative estimate of drug-likeness (QED) is 0.598. The maximum Gasteiger partial charge on any atom is 0.330 e. The molecule has 27 heavy (non-hydrogen) atoms. The first-order valence-corrected chi connectivity index (χ1v) is 8.25. The summed E-state index contributed by atoms with van der Waals surface area (Å²) in [6.07, 6.45) is 4.97. The minimum absolute atomic E-state index is 0.212. The zero-order chi connectivity index (χ0) is 18.8. The number of rotatable bonds is 4. The smallest absolute Gasteiger partial charge is 0.330 e. The van der Waals surface area contributed by atoms with Crippen molar-refractivity contribution in [1.82, 2.24) is 19.7 Å². The third kappa shape index (κ3) is 3.48. The van der Waals surface area contributed by atoms with Crippen LogP contribution in [0.4, 0.5) is 4.39 Å². The zero-order valence-corrected chi connectivity index (χ0v) is 14.4. The molecular weight excluding hydrogens is 347 g/mol. The van der Waals surface area contributed by atoms with Crippen molar-refractivity contribution < 1.29 is 8.91 Å². The van der Waals surface area contributed by atoms with Gasteiger partial charge in [-0.3, -0.25) is 4.57 Å². The van der Waals surface area contributed by atoms with Crippen molar-refractivity contribution in [3.8, 4) is 17.1 Å². The number of benzene rings is 2. The number of hydrogen-bond donors (Lipinski definition) is 1. The SMILES string of the molecule is Cc1c[nH]c(=O)n1-c1cccc(-c2noc(/C=C/c3cccc(F)c3)n2)c1. The third-order valence-corrected chi connectivity index (χ3v) is 4.03. The lowest BCUT2D eigenvalue weighted by molar-refractivity contribution is 0.411. The number of aromatic amines is 1. The van der Waals surface area contributed by atoms with Gasteiger partial charge in [-0.25, -0.2) is 9.18 Å². The fourth-order valence-electron chi connectivity index (χ4n) is 2.76. The predicted molar refractivity (Wildman–Crippen MR) is 99.7 cm³/mol. The van der Waals surface area contributed by atoms with Crippen LogP contribution in [0.1, 0.15) is 17.1 Å². The molecule has 134 valence electrons. The van der Waals surface area contributed by atoms with E-state index < -0.39 is 0 Å². The van der Waals surface area contributed by atoms with Gasteiger partial charge in [0.2, 0.25) is 5.82 Å². The summed E-state index contributed by atoms with van der Waals surface area (Å²) in [6.45, 7) is 1.84. The average molecular weight is 362 g/mol. The lowest BCUT2D eigenvalue weighted by Gasteiger charge is -2.04. The maximum atomic E-state index is 13.2. The molecule has 0 bridgehead atoms. The predicted octanol–water partition coefficient (Wildman–Crippen LogP) is 3.83. The van der Waals surface area contributed by atoms with Gasteiger partial charge in [0.1, 0.15) is 5.82 Å². The molecule has 0 atom stereocenters. The Labute approximate surface area is 153 Å². The standard InChI is InChI=1S/C20H15FN4O2/c1-13-12-22-20(26)25(13)17-7-3-5-15(11-17)19-23-18(27-24-19)9-8-14-4-2-6-16(21)10-14/h2-12H,1H3,(H,22,26)/b9-8+. The zero-order valence-electron chi connectivity index (χ0n) is 14.4. The summed E-state index contributed by atoms with van der Waals surface area (Å²) in [4.78, 5) is 18.9. The Kier molecular flexibility index (Phi) is 4.25. The van der Waals surface area contributed by atoms with E-state index in [9.17, 15) is 9.18 Å². The molecule has 2 aromatic heterocycles. The fraction of sp³-hybridized carbons (Fsp3) is 0.0500. The van der Waals surface area contributed by atoms with Crippen LogP contribution >= 0.6 is 0 Å². The Hall–Kier alpha value is -3.74. The molecule has 0 saturated carbocycles. The van der Waals surface area contributed by atoms with Crippen LogP contribution in [0, 0.1) is 12.7 Å². The minimum atomic E-state index is -0.310. The molecule has 0 aliphatic carbocycles. The molecule has 4 aromatic rings. The first-order valence-electron chi connectivity index (χ1n) is 8.25. The molecule has 0 amide bonds. The molecule has 4 rings (SSSR count). The first kappa shape index (κ1) is 16.7. The van der Waals surface area contributed by atoms with Crippen LogP contribution in [-0.2, 0) is 0 Å². The number of halogens is 1. The van der Waals surface area contributed by atoms with E-state index >= 15 is 0 Å². The Morgan fingerprint density at radius 1 is 1.15 bits per heavy atom. The first-order chi connectivity index (χ1) is 13.1. The van der Waals surface area contributed by atoms with Gasteiger partial charge in [0.05, 0.1) is 5.69 Å². The monoisotopic (exact) mass is 362 g/mol. The summed E-state index contributed by atoms with van der Waals surface area (Å²) in [5.41, 5.74) is 2.70. The minimum Gasteiger partial charge on any atom is -0.334 e. The average Bonchev–Trinajstić information content (AvgIpc) is 3.27. The van der Waals surface area contributed by atoms with Crippen molar-refractivity contribution in [3.05, 3.63) is 88.2 Å². The number of hydrogen-bond acceptors (Lipinski definition) is 4. The molecule has 2 aromatic carbocycles. The van der Waals surface area contributed by atoms with Crippen LogP contribution in [0.2, 0.25) is 0 Å². The number of imidazole rings is 1. The van der Waals surface area contributed by atoms with E-state index in [-0.39, 0.29) is 11.5 Å². The van der Waals surface area contributed by atoms with E-state index in [1.54, 1.807) is 35.0 Å². The van der Waals surface area contributed by atoms with Gasteiger partial charge in [0.15, 0.2) is 0 Å². The number of nitrogens with one attached hydrogen (secondary N) is 1. The topological polar surface area (TPSA) is 76.7 Å². The molecule has 0 aliphatic rings. The van der Waals surface area contributed by atoms with Gasteiger partial charge in [-0.15, -0.1) is 0 Å². The van der Waals surface area contributed by atoms with Gasteiger partial charge in [-0.1, -0.05) is 29.4 Å². The molecule has 0 aliphatic heterocycles. The van der Waals surface area contributed by atoms with Crippen LogP contribution in [0.5, 0.6) is 0 Å². The molecule has 2 heterocycles. The number of aryl methyl sites for hydroxylation is 1. The molecule has 0 saturated heterocycles. The molecule has 0 radical (unpaired) electrons.